The fourth-order valence-electron chi connectivity index (χ4n) is 1.46. The van der Waals surface area contributed by atoms with Crippen LogP contribution in [0.25, 0.3) is 0 Å². The molecular formula is C12H14N2O3S. The maximum Gasteiger partial charge on any atom is 0.319 e. The van der Waals surface area contributed by atoms with Gasteiger partial charge >= 0.3 is 6.03 Å². The minimum Gasteiger partial charge on any atom is -0.472 e. The van der Waals surface area contributed by atoms with Crippen LogP contribution in [0.2, 0.25) is 0 Å². The topological polar surface area (TPSA) is 74.5 Å². The highest BCUT2D eigenvalue weighted by Gasteiger charge is 2.09. The molecular weight excluding hydrogens is 252 g/mol. The number of amides is 2. The summed E-state index contributed by atoms with van der Waals surface area (Å²) in [7, 11) is 0. The van der Waals surface area contributed by atoms with Crippen molar-refractivity contribution in [1.29, 1.82) is 0 Å². The minimum absolute atomic E-state index is 0.267. The lowest BCUT2D eigenvalue weighted by Gasteiger charge is -2.09. The van der Waals surface area contributed by atoms with Crippen molar-refractivity contribution in [2.75, 3.05) is 11.9 Å². The summed E-state index contributed by atoms with van der Waals surface area (Å²) < 4.78 is 4.87. The molecule has 1 atom stereocenters. The quantitative estimate of drug-likeness (QED) is 0.778. The van der Waals surface area contributed by atoms with Gasteiger partial charge in [-0.1, -0.05) is 0 Å². The summed E-state index contributed by atoms with van der Waals surface area (Å²) in [6, 6.07) is 5.13. The fourth-order valence-corrected chi connectivity index (χ4v) is 2.07. The molecule has 0 aliphatic heterocycles. The zero-order valence-corrected chi connectivity index (χ0v) is 10.4. The van der Waals surface area contributed by atoms with Crippen molar-refractivity contribution in [3.8, 4) is 0 Å². The number of hydrogen-bond donors (Lipinski definition) is 3. The normalized spacial score (nSPS) is 12.1. The van der Waals surface area contributed by atoms with Crippen LogP contribution < -0.4 is 10.6 Å². The van der Waals surface area contributed by atoms with Gasteiger partial charge in [0.25, 0.3) is 0 Å². The highest BCUT2D eigenvalue weighted by Crippen LogP contribution is 2.16. The summed E-state index contributed by atoms with van der Waals surface area (Å²) in [5.74, 6) is 0. The van der Waals surface area contributed by atoms with Crippen molar-refractivity contribution in [2.24, 2.45) is 0 Å². The second kappa shape index (κ2) is 6.23. The summed E-state index contributed by atoms with van der Waals surface area (Å²) in [5.41, 5.74) is 0.718. The average molecular weight is 266 g/mol. The van der Waals surface area contributed by atoms with E-state index in [1.807, 2.05) is 17.5 Å². The number of rotatable bonds is 5. The molecule has 5 nitrogen and oxygen atoms in total. The van der Waals surface area contributed by atoms with E-state index in [1.165, 1.54) is 23.9 Å². The zero-order valence-electron chi connectivity index (χ0n) is 9.63. The molecule has 96 valence electrons. The highest BCUT2D eigenvalue weighted by atomic mass is 32.1. The number of hydrogen-bond acceptors (Lipinski definition) is 4. The first-order chi connectivity index (χ1) is 8.75. The standard InChI is InChI=1S/C12H14N2O3S/c15-10(9-4-6-17-8-9)3-5-13-12(16)14-11-2-1-7-18-11/h1-2,4,6-8,10,15H,3,5H2,(H2,13,14,16). The fraction of sp³-hybridized carbons (Fsp3) is 0.250. The molecule has 0 saturated carbocycles. The van der Waals surface area contributed by atoms with Crippen LogP contribution in [0.15, 0.2) is 40.5 Å². The molecule has 2 rings (SSSR count). The number of furan rings is 1. The van der Waals surface area contributed by atoms with Gasteiger partial charge in [0.1, 0.15) is 0 Å². The van der Waals surface area contributed by atoms with Gasteiger partial charge in [-0.2, -0.15) is 0 Å². The lowest BCUT2D eigenvalue weighted by atomic mass is 10.1. The predicted octanol–water partition coefficient (Wildman–Crippen LogP) is 2.59. The number of carbonyl (C=O) groups excluding carboxylic acids is 1. The van der Waals surface area contributed by atoms with E-state index in [0.717, 1.165) is 10.6 Å². The Bertz CT molecular complexity index is 467. The lowest BCUT2D eigenvalue weighted by Crippen LogP contribution is -2.29. The second-order valence-electron chi connectivity index (χ2n) is 3.72. The number of aliphatic hydroxyl groups excluding tert-OH is 1. The van der Waals surface area contributed by atoms with Gasteiger partial charge in [-0.25, -0.2) is 4.79 Å². The molecule has 0 saturated heterocycles. The summed E-state index contributed by atoms with van der Waals surface area (Å²) >= 11 is 1.46. The maximum atomic E-state index is 11.5. The van der Waals surface area contributed by atoms with Gasteiger partial charge in [0, 0.05) is 12.1 Å². The van der Waals surface area contributed by atoms with E-state index in [0.29, 0.717) is 13.0 Å². The first kappa shape index (κ1) is 12.7. The van der Waals surface area contributed by atoms with Crippen molar-refractivity contribution in [1.82, 2.24) is 5.32 Å². The Balaban J connectivity index is 1.67. The number of nitrogens with one attached hydrogen (secondary N) is 2. The molecule has 0 aromatic carbocycles. The molecule has 18 heavy (non-hydrogen) atoms. The maximum absolute atomic E-state index is 11.5. The Kier molecular flexibility index (Phi) is 4.38. The first-order valence-corrected chi connectivity index (χ1v) is 6.42. The number of urea groups is 1. The summed E-state index contributed by atoms with van der Waals surface area (Å²) in [6.07, 6.45) is 2.83. The number of anilines is 1. The Morgan fingerprint density at radius 1 is 1.50 bits per heavy atom. The van der Waals surface area contributed by atoms with Gasteiger partial charge in [-0.15, -0.1) is 11.3 Å². The molecule has 2 aromatic rings. The number of carbonyl (C=O) groups is 1. The Hall–Kier alpha value is -1.79. The Morgan fingerprint density at radius 3 is 3.06 bits per heavy atom. The van der Waals surface area contributed by atoms with Crippen LogP contribution in [0.3, 0.4) is 0 Å². The van der Waals surface area contributed by atoms with Gasteiger partial charge in [0.15, 0.2) is 0 Å². The Morgan fingerprint density at radius 2 is 2.39 bits per heavy atom. The van der Waals surface area contributed by atoms with Crippen LogP contribution in [0.5, 0.6) is 0 Å². The van der Waals surface area contributed by atoms with Crippen LogP contribution in [-0.2, 0) is 0 Å². The van der Waals surface area contributed by atoms with Crippen LogP contribution >= 0.6 is 11.3 Å². The van der Waals surface area contributed by atoms with E-state index in [-0.39, 0.29) is 6.03 Å². The second-order valence-corrected chi connectivity index (χ2v) is 4.67. The monoisotopic (exact) mass is 266 g/mol. The number of thiophene rings is 1. The molecule has 0 fully saturated rings. The predicted molar refractivity (Wildman–Crippen MR) is 69.6 cm³/mol. The highest BCUT2D eigenvalue weighted by molar-refractivity contribution is 7.14. The van der Waals surface area contributed by atoms with Crippen molar-refractivity contribution in [3.05, 3.63) is 41.7 Å². The minimum atomic E-state index is -0.620. The molecule has 0 radical (unpaired) electrons. The van der Waals surface area contributed by atoms with Crippen molar-refractivity contribution in [3.63, 3.8) is 0 Å². The van der Waals surface area contributed by atoms with E-state index < -0.39 is 6.10 Å². The van der Waals surface area contributed by atoms with Gasteiger partial charge < -0.3 is 14.8 Å². The van der Waals surface area contributed by atoms with Gasteiger partial charge in [-0.05, 0) is 30.0 Å². The smallest absolute Gasteiger partial charge is 0.319 e. The summed E-state index contributed by atoms with van der Waals surface area (Å²) in [4.78, 5) is 11.5. The SMILES string of the molecule is O=C(NCCC(O)c1ccoc1)Nc1cccs1. The van der Waals surface area contributed by atoms with E-state index >= 15 is 0 Å². The first-order valence-electron chi connectivity index (χ1n) is 5.54. The lowest BCUT2D eigenvalue weighted by molar-refractivity contribution is 0.166. The van der Waals surface area contributed by atoms with Gasteiger partial charge in [0.2, 0.25) is 0 Å². The molecule has 3 N–H and O–H groups in total. The Labute approximate surface area is 108 Å². The summed E-state index contributed by atoms with van der Waals surface area (Å²) in [5, 5.41) is 17.8. The van der Waals surface area contributed by atoms with E-state index in [1.54, 1.807) is 6.07 Å². The van der Waals surface area contributed by atoms with Crippen molar-refractivity contribution >= 4 is 22.4 Å². The van der Waals surface area contributed by atoms with E-state index in [4.69, 9.17) is 4.42 Å². The zero-order chi connectivity index (χ0) is 12.8. The van der Waals surface area contributed by atoms with Gasteiger partial charge in [0.05, 0.1) is 23.6 Å². The van der Waals surface area contributed by atoms with Crippen LogP contribution in [0, 0.1) is 0 Å². The van der Waals surface area contributed by atoms with Crippen molar-refractivity contribution < 1.29 is 14.3 Å². The third-order valence-electron chi connectivity index (χ3n) is 2.39. The molecule has 6 heteroatoms. The molecule has 0 spiro atoms. The molecule has 2 heterocycles. The summed E-state index contributed by atoms with van der Waals surface area (Å²) in [6.45, 7) is 0.392. The third-order valence-corrected chi connectivity index (χ3v) is 3.17. The van der Waals surface area contributed by atoms with E-state index in [9.17, 15) is 9.90 Å². The van der Waals surface area contributed by atoms with Crippen LogP contribution in [-0.4, -0.2) is 17.7 Å². The molecule has 0 bridgehead atoms. The number of aliphatic hydroxyl groups is 1. The van der Waals surface area contributed by atoms with Crippen LogP contribution in [0.4, 0.5) is 9.80 Å². The largest absolute Gasteiger partial charge is 0.472 e. The molecule has 0 aliphatic carbocycles. The van der Waals surface area contributed by atoms with Crippen molar-refractivity contribution in [2.45, 2.75) is 12.5 Å². The molecule has 0 aliphatic rings. The third kappa shape index (κ3) is 3.61. The van der Waals surface area contributed by atoms with Gasteiger partial charge in [-0.3, -0.25) is 5.32 Å². The molecule has 2 amide bonds. The average Bonchev–Trinajstić information content (AvgIpc) is 3.00. The molecule has 2 aromatic heterocycles. The van der Waals surface area contributed by atoms with Crippen LogP contribution in [0.1, 0.15) is 18.1 Å². The van der Waals surface area contributed by atoms with E-state index in [2.05, 4.69) is 10.6 Å². The molecule has 1 unspecified atom stereocenters.